The summed E-state index contributed by atoms with van der Waals surface area (Å²) in [6.45, 7) is 1.74. The molecule has 6 nitrogen and oxygen atoms in total. The number of benzene rings is 1. The molecule has 1 aromatic carbocycles. The first-order chi connectivity index (χ1) is 8.11. The zero-order chi connectivity index (χ0) is 12.4. The van der Waals surface area contributed by atoms with Gasteiger partial charge in [0.05, 0.1) is 21.9 Å². The lowest BCUT2D eigenvalue weighted by atomic mass is 10.3. The molecule has 6 heteroatoms. The summed E-state index contributed by atoms with van der Waals surface area (Å²) in [4.78, 5) is 10.0. The third-order valence-corrected chi connectivity index (χ3v) is 2.34. The second-order valence-electron chi connectivity index (χ2n) is 3.46. The predicted octanol–water partition coefficient (Wildman–Crippen LogP) is 1.96. The topological polar surface area (TPSA) is 84.8 Å². The maximum atomic E-state index is 10.5. The molecule has 17 heavy (non-hydrogen) atoms. The molecule has 0 fully saturated rings. The Bertz CT molecular complexity index is 607. The molecule has 1 heterocycles. The second-order valence-corrected chi connectivity index (χ2v) is 3.46. The van der Waals surface area contributed by atoms with Gasteiger partial charge in [-0.05, 0) is 19.1 Å². The van der Waals surface area contributed by atoms with E-state index in [1.165, 1.54) is 16.8 Å². The third kappa shape index (κ3) is 1.99. The number of non-ortho nitro benzene ring substituents is 1. The van der Waals surface area contributed by atoms with Gasteiger partial charge in [0.2, 0.25) is 0 Å². The van der Waals surface area contributed by atoms with Crippen LogP contribution in [0, 0.1) is 28.4 Å². The van der Waals surface area contributed by atoms with Crippen LogP contribution in [0.3, 0.4) is 0 Å². The molecule has 0 aliphatic heterocycles. The van der Waals surface area contributed by atoms with Crippen LogP contribution in [-0.2, 0) is 0 Å². The van der Waals surface area contributed by atoms with Crippen LogP contribution in [0.1, 0.15) is 11.3 Å². The second kappa shape index (κ2) is 4.06. The van der Waals surface area contributed by atoms with E-state index >= 15 is 0 Å². The molecule has 0 aliphatic rings. The summed E-state index contributed by atoms with van der Waals surface area (Å²) in [5.74, 6) is 0. The summed E-state index contributed by atoms with van der Waals surface area (Å²) in [6.07, 6.45) is 1.59. The van der Waals surface area contributed by atoms with Crippen molar-refractivity contribution >= 4 is 5.69 Å². The average Bonchev–Trinajstić information content (AvgIpc) is 2.70. The Morgan fingerprint density at radius 1 is 1.41 bits per heavy atom. The van der Waals surface area contributed by atoms with Crippen LogP contribution in [0.5, 0.6) is 0 Å². The molecule has 2 rings (SSSR count). The number of aryl methyl sites for hydroxylation is 1. The Kier molecular flexibility index (Phi) is 2.58. The summed E-state index contributed by atoms with van der Waals surface area (Å²) in [6, 6.07) is 8.00. The molecule has 0 amide bonds. The molecule has 0 bridgehead atoms. The first-order valence-corrected chi connectivity index (χ1v) is 4.83. The van der Waals surface area contributed by atoms with Gasteiger partial charge in [-0.25, -0.2) is 4.68 Å². The summed E-state index contributed by atoms with van der Waals surface area (Å²) < 4.78 is 1.53. The van der Waals surface area contributed by atoms with Crippen molar-refractivity contribution in [2.24, 2.45) is 0 Å². The highest BCUT2D eigenvalue weighted by Gasteiger charge is 2.08. The molecule has 0 radical (unpaired) electrons. The number of nitro benzene ring substituents is 1. The van der Waals surface area contributed by atoms with Gasteiger partial charge in [-0.15, -0.1) is 0 Å². The van der Waals surface area contributed by atoms with Crippen LogP contribution in [0.4, 0.5) is 5.69 Å². The molecule has 0 unspecified atom stereocenters. The van der Waals surface area contributed by atoms with Gasteiger partial charge in [0, 0.05) is 18.3 Å². The maximum Gasteiger partial charge on any atom is 0.269 e. The number of hydrogen-bond acceptors (Lipinski definition) is 4. The summed E-state index contributed by atoms with van der Waals surface area (Å²) >= 11 is 0. The largest absolute Gasteiger partial charge is 0.269 e. The lowest BCUT2D eigenvalue weighted by molar-refractivity contribution is -0.384. The monoisotopic (exact) mass is 228 g/mol. The molecule has 1 aromatic heterocycles. The Morgan fingerprint density at radius 2 is 2.06 bits per heavy atom. The van der Waals surface area contributed by atoms with Crippen LogP contribution < -0.4 is 0 Å². The van der Waals surface area contributed by atoms with Gasteiger partial charge < -0.3 is 0 Å². The van der Waals surface area contributed by atoms with E-state index in [1.54, 1.807) is 25.3 Å². The first-order valence-electron chi connectivity index (χ1n) is 4.83. The van der Waals surface area contributed by atoms with E-state index < -0.39 is 4.92 Å². The minimum atomic E-state index is -0.459. The van der Waals surface area contributed by atoms with Crippen molar-refractivity contribution in [1.82, 2.24) is 9.78 Å². The van der Waals surface area contributed by atoms with E-state index in [1.807, 2.05) is 6.07 Å². The number of nitro groups is 1. The molecule has 0 N–H and O–H groups in total. The zero-order valence-electron chi connectivity index (χ0n) is 8.99. The van der Waals surface area contributed by atoms with Gasteiger partial charge in [-0.2, -0.15) is 10.4 Å². The molecular formula is C11H8N4O2. The Labute approximate surface area is 96.9 Å². The Morgan fingerprint density at radius 3 is 2.53 bits per heavy atom. The highest BCUT2D eigenvalue weighted by atomic mass is 16.6. The van der Waals surface area contributed by atoms with E-state index in [2.05, 4.69) is 5.10 Å². The van der Waals surface area contributed by atoms with Gasteiger partial charge in [0.25, 0.3) is 5.69 Å². The molecule has 2 aromatic rings. The number of nitrogens with zero attached hydrogens (tertiary/aromatic N) is 4. The van der Waals surface area contributed by atoms with Crippen LogP contribution in [0.15, 0.2) is 30.5 Å². The molecule has 0 saturated heterocycles. The van der Waals surface area contributed by atoms with Crippen LogP contribution in [0.2, 0.25) is 0 Å². The normalized spacial score (nSPS) is 9.88. The van der Waals surface area contributed by atoms with Gasteiger partial charge in [0.1, 0.15) is 6.07 Å². The number of hydrogen-bond donors (Lipinski definition) is 0. The smallest absolute Gasteiger partial charge is 0.258 e. The van der Waals surface area contributed by atoms with Crippen molar-refractivity contribution in [1.29, 1.82) is 5.26 Å². The van der Waals surface area contributed by atoms with Crippen molar-refractivity contribution in [3.05, 3.63) is 51.8 Å². The van der Waals surface area contributed by atoms with Crippen LogP contribution in [0.25, 0.3) is 5.69 Å². The summed E-state index contributed by atoms with van der Waals surface area (Å²) in [5, 5.41) is 23.4. The quantitative estimate of drug-likeness (QED) is 0.580. The van der Waals surface area contributed by atoms with Crippen LogP contribution in [-0.4, -0.2) is 14.7 Å². The Balaban J connectivity index is 2.40. The minimum absolute atomic E-state index is 0.0261. The number of nitriles is 1. The van der Waals surface area contributed by atoms with Crippen LogP contribution >= 0.6 is 0 Å². The summed E-state index contributed by atoms with van der Waals surface area (Å²) in [7, 11) is 0. The molecule has 0 spiro atoms. The standard InChI is InChI=1S/C11H8N4O2/c1-8-9(6-12)7-14(13-8)10-2-4-11(5-3-10)15(16)17/h2-5,7H,1H3. The van der Waals surface area contributed by atoms with Crippen molar-refractivity contribution in [3.63, 3.8) is 0 Å². The highest BCUT2D eigenvalue weighted by Crippen LogP contribution is 2.16. The molecule has 0 atom stereocenters. The third-order valence-electron chi connectivity index (χ3n) is 2.34. The van der Waals surface area contributed by atoms with Crippen molar-refractivity contribution in [2.75, 3.05) is 0 Å². The number of rotatable bonds is 2. The zero-order valence-corrected chi connectivity index (χ0v) is 8.99. The number of aromatic nitrogens is 2. The fraction of sp³-hybridized carbons (Fsp3) is 0.0909. The fourth-order valence-corrected chi connectivity index (χ4v) is 1.43. The highest BCUT2D eigenvalue weighted by molar-refractivity contribution is 5.42. The first kappa shape index (κ1) is 10.8. The lowest BCUT2D eigenvalue weighted by Gasteiger charge is -1.99. The van der Waals surface area contributed by atoms with Crippen molar-refractivity contribution in [2.45, 2.75) is 6.92 Å². The molecule has 0 aliphatic carbocycles. The van der Waals surface area contributed by atoms with E-state index in [4.69, 9.17) is 5.26 Å². The van der Waals surface area contributed by atoms with Gasteiger partial charge in [0.15, 0.2) is 0 Å². The van der Waals surface area contributed by atoms with Gasteiger partial charge in [-0.1, -0.05) is 0 Å². The molecule has 0 saturated carbocycles. The minimum Gasteiger partial charge on any atom is -0.258 e. The van der Waals surface area contributed by atoms with E-state index in [0.29, 0.717) is 16.9 Å². The van der Waals surface area contributed by atoms with Gasteiger partial charge >= 0.3 is 0 Å². The van der Waals surface area contributed by atoms with E-state index in [0.717, 1.165) is 0 Å². The SMILES string of the molecule is Cc1nn(-c2ccc([N+](=O)[O-])cc2)cc1C#N. The fourth-order valence-electron chi connectivity index (χ4n) is 1.43. The van der Waals surface area contributed by atoms with Crippen molar-refractivity contribution < 1.29 is 4.92 Å². The average molecular weight is 228 g/mol. The summed E-state index contributed by atoms with van der Waals surface area (Å²) in [5.41, 5.74) is 1.83. The lowest BCUT2D eigenvalue weighted by Crippen LogP contribution is -1.95. The Hall–Kier alpha value is -2.68. The molecule has 84 valence electrons. The van der Waals surface area contributed by atoms with E-state index in [9.17, 15) is 10.1 Å². The predicted molar refractivity (Wildman–Crippen MR) is 59.7 cm³/mol. The van der Waals surface area contributed by atoms with E-state index in [-0.39, 0.29) is 5.69 Å². The van der Waals surface area contributed by atoms with Gasteiger partial charge in [-0.3, -0.25) is 10.1 Å². The molecular weight excluding hydrogens is 220 g/mol. The maximum absolute atomic E-state index is 10.5. The van der Waals surface area contributed by atoms with Crippen molar-refractivity contribution in [3.8, 4) is 11.8 Å².